The minimum atomic E-state index is -0.117. The molecular formula is C7H12FN. The van der Waals surface area contributed by atoms with Crippen molar-refractivity contribution in [3.05, 3.63) is 0 Å². The molecule has 3 atom stereocenters. The van der Waals surface area contributed by atoms with Crippen LogP contribution < -0.4 is 5.32 Å². The second-order valence-corrected chi connectivity index (χ2v) is 3.27. The Morgan fingerprint density at radius 1 is 1.44 bits per heavy atom. The molecular weight excluding hydrogens is 117 g/mol. The molecule has 0 aromatic rings. The van der Waals surface area contributed by atoms with Crippen LogP contribution in [-0.4, -0.2) is 19.3 Å². The van der Waals surface area contributed by atoms with Gasteiger partial charge in [-0.1, -0.05) is 0 Å². The highest BCUT2D eigenvalue weighted by Gasteiger charge is 2.38. The van der Waals surface area contributed by atoms with Crippen LogP contribution in [-0.2, 0) is 0 Å². The molecule has 1 saturated heterocycles. The minimum absolute atomic E-state index is 0.117. The van der Waals surface area contributed by atoms with Crippen LogP contribution in [0.4, 0.5) is 4.39 Å². The van der Waals surface area contributed by atoms with Gasteiger partial charge in [-0.05, 0) is 25.3 Å². The maximum atomic E-state index is 12.1. The van der Waals surface area contributed by atoms with Gasteiger partial charge in [0.25, 0.3) is 0 Å². The summed E-state index contributed by atoms with van der Waals surface area (Å²) in [7, 11) is 0. The molecule has 1 N–H and O–H groups in total. The first-order chi connectivity index (χ1) is 4.40. The highest BCUT2D eigenvalue weighted by Crippen LogP contribution is 2.35. The minimum Gasteiger partial charge on any atom is -0.313 e. The molecule has 2 rings (SSSR count). The molecule has 2 heteroatoms. The number of hydrogen-bond acceptors (Lipinski definition) is 1. The van der Waals surface area contributed by atoms with E-state index < -0.39 is 0 Å². The fourth-order valence-corrected chi connectivity index (χ4v) is 2.15. The van der Waals surface area contributed by atoms with Crippen molar-refractivity contribution in [3.63, 3.8) is 0 Å². The van der Waals surface area contributed by atoms with Crippen LogP contribution in [0.5, 0.6) is 0 Å². The summed E-state index contributed by atoms with van der Waals surface area (Å²) in [5, 5.41) is 3.32. The third kappa shape index (κ3) is 0.767. The molecule has 3 unspecified atom stereocenters. The molecule has 0 radical (unpaired) electrons. The van der Waals surface area contributed by atoms with Crippen LogP contribution in [0.3, 0.4) is 0 Å². The Labute approximate surface area is 54.6 Å². The van der Waals surface area contributed by atoms with Gasteiger partial charge in [0, 0.05) is 12.0 Å². The Bertz CT molecular complexity index is 115. The first-order valence-electron chi connectivity index (χ1n) is 3.69. The monoisotopic (exact) mass is 129 g/mol. The van der Waals surface area contributed by atoms with Gasteiger partial charge in [-0.25, -0.2) is 0 Å². The van der Waals surface area contributed by atoms with E-state index in [2.05, 4.69) is 5.32 Å². The number of piperidine rings is 1. The third-order valence-electron chi connectivity index (χ3n) is 2.66. The van der Waals surface area contributed by atoms with Gasteiger partial charge in [-0.3, -0.25) is 4.39 Å². The van der Waals surface area contributed by atoms with E-state index in [1.165, 1.54) is 6.42 Å². The molecule has 0 amide bonds. The predicted octanol–water partition coefficient (Wildman–Crippen LogP) is 0.954. The van der Waals surface area contributed by atoms with Crippen LogP contribution >= 0.6 is 0 Å². The molecule has 1 nitrogen and oxygen atoms in total. The van der Waals surface area contributed by atoms with Crippen molar-refractivity contribution in [1.29, 1.82) is 0 Å². The van der Waals surface area contributed by atoms with Crippen molar-refractivity contribution >= 4 is 0 Å². The lowest BCUT2D eigenvalue weighted by Crippen LogP contribution is -2.33. The lowest BCUT2D eigenvalue weighted by Gasteiger charge is -2.18. The van der Waals surface area contributed by atoms with Crippen molar-refractivity contribution in [2.45, 2.75) is 18.9 Å². The fraction of sp³-hybridized carbons (Fsp3) is 1.00. The summed E-state index contributed by atoms with van der Waals surface area (Å²) in [6, 6.07) is 0.528. The highest BCUT2D eigenvalue weighted by molar-refractivity contribution is 4.94. The molecule has 2 fully saturated rings. The van der Waals surface area contributed by atoms with Gasteiger partial charge < -0.3 is 5.32 Å². The van der Waals surface area contributed by atoms with Crippen molar-refractivity contribution in [1.82, 2.24) is 5.32 Å². The summed E-state index contributed by atoms with van der Waals surface area (Å²) < 4.78 is 12.1. The quantitative estimate of drug-likeness (QED) is 0.556. The van der Waals surface area contributed by atoms with E-state index in [1.807, 2.05) is 0 Å². The van der Waals surface area contributed by atoms with E-state index in [0.717, 1.165) is 18.9 Å². The average Bonchev–Trinajstić information content (AvgIpc) is 2.45. The van der Waals surface area contributed by atoms with E-state index in [0.29, 0.717) is 12.0 Å². The van der Waals surface area contributed by atoms with Gasteiger partial charge >= 0.3 is 0 Å². The van der Waals surface area contributed by atoms with Crippen molar-refractivity contribution in [2.24, 2.45) is 11.8 Å². The molecule has 0 aromatic heterocycles. The molecule has 1 heterocycles. The molecule has 0 aromatic carbocycles. The summed E-state index contributed by atoms with van der Waals surface area (Å²) in [5.74, 6) is 1.15. The molecule has 2 aliphatic rings. The van der Waals surface area contributed by atoms with E-state index in [9.17, 15) is 4.39 Å². The van der Waals surface area contributed by atoms with Gasteiger partial charge in [-0.15, -0.1) is 0 Å². The Hall–Kier alpha value is -0.110. The van der Waals surface area contributed by atoms with Crippen molar-refractivity contribution in [2.75, 3.05) is 13.2 Å². The van der Waals surface area contributed by atoms with Crippen LogP contribution in [0.15, 0.2) is 0 Å². The fourth-order valence-electron chi connectivity index (χ4n) is 2.15. The summed E-state index contributed by atoms with van der Waals surface area (Å²) in [5.41, 5.74) is 0. The Morgan fingerprint density at radius 3 is 2.67 bits per heavy atom. The first-order valence-corrected chi connectivity index (χ1v) is 3.69. The Balaban J connectivity index is 2.01. The number of halogens is 1. The van der Waals surface area contributed by atoms with Crippen molar-refractivity contribution in [3.8, 4) is 0 Å². The summed E-state index contributed by atoms with van der Waals surface area (Å²) in [6.45, 7) is 1.02. The van der Waals surface area contributed by atoms with Crippen molar-refractivity contribution < 1.29 is 4.39 Å². The molecule has 0 spiro atoms. The highest BCUT2D eigenvalue weighted by atomic mass is 19.1. The number of fused-ring (bicyclic) bond motifs is 2. The van der Waals surface area contributed by atoms with Gasteiger partial charge in [0.2, 0.25) is 0 Å². The number of alkyl halides is 1. The third-order valence-corrected chi connectivity index (χ3v) is 2.66. The summed E-state index contributed by atoms with van der Waals surface area (Å²) >= 11 is 0. The maximum Gasteiger partial charge on any atom is 0.0937 e. The predicted molar refractivity (Wildman–Crippen MR) is 34.0 cm³/mol. The van der Waals surface area contributed by atoms with Gasteiger partial charge in [0.1, 0.15) is 0 Å². The average molecular weight is 129 g/mol. The molecule has 52 valence electrons. The Morgan fingerprint density at radius 2 is 2.33 bits per heavy atom. The second kappa shape index (κ2) is 1.94. The number of hydrogen-bond donors (Lipinski definition) is 1. The molecule has 1 aliphatic carbocycles. The number of rotatable bonds is 1. The van der Waals surface area contributed by atoms with E-state index in [1.54, 1.807) is 0 Å². The topological polar surface area (TPSA) is 12.0 Å². The summed E-state index contributed by atoms with van der Waals surface area (Å²) in [6.07, 6.45) is 2.36. The molecule has 9 heavy (non-hydrogen) atoms. The first kappa shape index (κ1) is 5.66. The van der Waals surface area contributed by atoms with Crippen LogP contribution in [0, 0.1) is 11.8 Å². The molecule has 1 aliphatic heterocycles. The van der Waals surface area contributed by atoms with Crippen LogP contribution in [0.2, 0.25) is 0 Å². The zero-order chi connectivity index (χ0) is 6.27. The van der Waals surface area contributed by atoms with Crippen LogP contribution in [0.25, 0.3) is 0 Å². The smallest absolute Gasteiger partial charge is 0.0937 e. The normalized spacial score (nSPS) is 48.3. The number of nitrogens with one attached hydrogen (secondary N) is 1. The zero-order valence-corrected chi connectivity index (χ0v) is 5.44. The largest absolute Gasteiger partial charge is 0.313 e. The van der Waals surface area contributed by atoms with Gasteiger partial charge in [-0.2, -0.15) is 0 Å². The maximum absolute atomic E-state index is 12.1. The standard InChI is InChI=1S/C7H12FN/c8-3-6-1-5-2-7(6)9-4-5/h5-7,9H,1-4H2. The van der Waals surface area contributed by atoms with E-state index in [-0.39, 0.29) is 6.67 Å². The van der Waals surface area contributed by atoms with Gasteiger partial charge in [0.05, 0.1) is 6.67 Å². The lowest BCUT2D eigenvalue weighted by atomic mass is 10.0. The van der Waals surface area contributed by atoms with E-state index >= 15 is 0 Å². The molecule has 2 bridgehead atoms. The summed E-state index contributed by atoms with van der Waals surface area (Å²) in [4.78, 5) is 0. The van der Waals surface area contributed by atoms with Crippen LogP contribution in [0.1, 0.15) is 12.8 Å². The zero-order valence-electron chi connectivity index (χ0n) is 5.44. The second-order valence-electron chi connectivity index (χ2n) is 3.27. The lowest BCUT2D eigenvalue weighted by molar-refractivity contribution is 0.286. The Kier molecular flexibility index (Phi) is 1.22. The molecule has 1 saturated carbocycles. The SMILES string of the molecule is FCC1CC2CNC1C2. The van der Waals surface area contributed by atoms with E-state index in [4.69, 9.17) is 0 Å². The van der Waals surface area contributed by atoms with Gasteiger partial charge in [0.15, 0.2) is 0 Å².